The maximum atomic E-state index is 8.78. The predicted molar refractivity (Wildman–Crippen MR) is 80.2 cm³/mol. The van der Waals surface area contributed by atoms with Gasteiger partial charge in [0.05, 0.1) is 26.7 Å². The highest BCUT2D eigenvalue weighted by molar-refractivity contribution is 5.43. The van der Waals surface area contributed by atoms with Gasteiger partial charge in [-0.15, -0.1) is 0 Å². The highest BCUT2D eigenvalue weighted by Gasteiger charge is 2.12. The fourth-order valence-electron chi connectivity index (χ4n) is 2.25. The van der Waals surface area contributed by atoms with Gasteiger partial charge in [-0.1, -0.05) is 13.0 Å². The molecule has 0 aliphatic carbocycles. The first kappa shape index (κ1) is 16.3. The predicted octanol–water partition coefficient (Wildman–Crippen LogP) is 2.92. The summed E-state index contributed by atoms with van der Waals surface area (Å²) in [5, 5.41) is 12.3. The molecule has 0 spiro atoms. The third-order valence-electron chi connectivity index (χ3n) is 3.34. The average Bonchev–Trinajstić information content (AvgIpc) is 2.46. The van der Waals surface area contributed by atoms with Crippen molar-refractivity contribution >= 4 is 0 Å². The highest BCUT2D eigenvalue weighted by Crippen LogP contribution is 2.28. The van der Waals surface area contributed by atoms with Crippen LogP contribution in [0.2, 0.25) is 0 Å². The molecule has 1 aromatic rings. The van der Waals surface area contributed by atoms with E-state index in [1.165, 1.54) is 5.56 Å². The molecule has 0 aliphatic rings. The second-order valence-corrected chi connectivity index (χ2v) is 4.93. The van der Waals surface area contributed by atoms with Crippen molar-refractivity contribution in [3.8, 4) is 17.6 Å². The van der Waals surface area contributed by atoms with Crippen LogP contribution in [0, 0.1) is 11.3 Å². The molecule has 2 unspecified atom stereocenters. The first-order chi connectivity index (χ1) is 9.64. The molecular formula is C16H24N2O2. The Hall–Kier alpha value is -1.73. The summed E-state index contributed by atoms with van der Waals surface area (Å²) in [4.78, 5) is 0. The normalized spacial score (nSPS) is 13.3. The molecule has 0 heterocycles. The van der Waals surface area contributed by atoms with Crippen molar-refractivity contribution in [2.45, 2.75) is 45.2 Å². The van der Waals surface area contributed by atoms with Crippen molar-refractivity contribution in [3.05, 3.63) is 23.8 Å². The van der Waals surface area contributed by atoms with E-state index in [1.54, 1.807) is 14.2 Å². The number of hydrogen-bond acceptors (Lipinski definition) is 4. The summed E-state index contributed by atoms with van der Waals surface area (Å²) >= 11 is 0. The minimum atomic E-state index is 0.259. The van der Waals surface area contributed by atoms with E-state index in [4.69, 9.17) is 14.7 Å². The molecule has 0 aliphatic heterocycles. The third-order valence-corrected chi connectivity index (χ3v) is 3.34. The van der Waals surface area contributed by atoms with Gasteiger partial charge in [0.2, 0.25) is 0 Å². The van der Waals surface area contributed by atoms with Crippen molar-refractivity contribution < 1.29 is 9.47 Å². The van der Waals surface area contributed by atoms with Crippen LogP contribution in [-0.2, 0) is 6.42 Å². The molecule has 0 fully saturated rings. The fourth-order valence-corrected chi connectivity index (χ4v) is 2.25. The zero-order valence-corrected chi connectivity index (χ0v) is 12.8. The first-order valence-corrected chi connectivity index (χ1v) is 6.98. The molecule has 4 nitrogen and oxygen atoms in total. The Morgan fingerprint density at radius 1 is 1.25 bits per heavy atom. The van der Waals surface area contributed by atoms with Crippen LogP contribution >= 0.6 is 0 Å². The Bertz CT molecular complexity index is 454. The summed E-state index contributed by atoms with van der Waals surface area (Å²) in [6.45, 7) is 4.23. The Labute approximate surface area is 121 Å². The van der Waals surface area contributed by atoms with Gasteiger partial charge in [0.1, 0.15) is 0 Å². The van der Waals surface area contributed by atoms with Gasteiger partial charge in [-0.25, -0.2) is 0 Å². The van der Waals surface area contributed by atoms with Gasteiger partial charge < -0.3 is 14.8 Å². The number of rotatable bonds is 8. The topological polar surface area (TPSA) is 54.3 Å². The van der Waals surface area contributed by atoms with Crippen LogP contribution in [0.5, 0.6) is 11.5 Å². The minimum absolute atomic E-state index is 0.259. The molecular weight excluding hydrogens is 252 g/mol. The first-order valence-electron chi connectivity index (χ1n) is 6.98. The highest BCUT2D eigenvalue weighted by atomic mass is 16.5. The minimum Gasteiger partial charge on any atom is -0.493 e. The molecule has 0 amide bonds. The number of nitrogens with one attached hydrogen (secondary N) is 1. The summed E-state index contributed by atoms with van der Waals surface area (Å²) in [5.74, 6) is 1.49. The van der Waals surface area contributed by atoms with Crippen molar-refractivity contribution in [3.63, 3.8) is 0 Å². The molecule has 0 bridgehead atoms. The van der Waals surface area contributed by atoms with E-state index in [1.807, 2.05) is 18.2 Å². The van der Waals surface area contributed by atoms with E-state index in [0.717, 1.165) is 24.3 Å². The molecule has 20 heavy (non-hydrogen) atoms. The van der Waals surface area contributed by atoms with Crippen molar-refractivity contribution in [2.75, 3.05) is 14.2 Å². The molecule has 1 rings (SSSR count). The van der Waals surface area contributed by atoms with Gasteiger partial charge in [0.15, 0.2) is 11.5 Å². The second kappa shape index (κ2) is 8.44. The second-order valence-electron chi connectivity index (χ2n) is 4.93. The zero-order valence-electron chi connectivity index (χ0n) is 12.8. The maximum absolute atomic E-state index is 8.78. The van der Waals surface area contributed by atoms with E-state index in [9.17, 15) is 0 Å². The summed E-state index contributed by atoms with van der Waals surface area (Å²) in [6, 6.07) is 8.77. The standard InChI is InChI=1S/C16H24N2O2/c1-5-14(8-9-17)18-12(2)10-13-6-7-15(19-3)16(11-13)20-4/h6-7,11-12,14,18H,5,8,10H2,1-4H3. The van der Waals surface area contributed by atoms with Crippen molar-refractivity contribution in [2.24, 2.45) is 0 Å². The summed E-state index contributed by atoms with van der Waals surface area (Å²) in [5.41, 5.74) is 1.19. The van der Waals surface area contributed by atoms with E-state index in [2.05, 4.69) is 25.2 Å². The molecule has 0 saturated heterocycles. The molecule has 1 N–H and O–H groups in total. The van der Waals surface area contributed by atoms with E-state index < -0.39 is 0 Å². The maximum Gasteiger partial charge on any atom is 0.160 e. The smallest absolute Gasteiger partial charge is 0.160 e. The largest absolute Gasteiger partial charge is 0.493 e. The molecule has 0 saturated carbocycles. The fraction of sp³-hybridized carbons (Fsp3) is 0.562. The van der Waals surface area contributed by atoms with Gasteiger partial charge in [0.25, 0.3) is 0 Å². The van der Waals surface area contributed by atoms with Crippen LogP contribution in [0.15, 0.2) is 18.2 Å². The Morgan fingerprint density at radius 3 is 2.50 bits per heavy atom. The van der Waals surface area contributed by atoms with Crippen LogP contribution < -0.4 is 14.8 Å². The lowest BCUT2D eigenvalue weighted by Crippen LogP contribution is -2.37. The molecule has 0 aromatic heterocycles. The van der Waals surface area contributed by atoms with Crippen LogP contribution in [0.3, 0.4) is 0 Å². The molecule has 110 valence electrons. The molecule has 4 heteroatoms. The number of nitrogens with zero attached hydrogens (tertiary/aromatic N) is 1. The summed E-state index contributed by atoms with van der Waals surface area (Å²) in [7, 11) is 3.28. The number of methoxy groups -OCH3 is 2. The van der Waals surface area contributed by atoms with Gasteiger partial charge in [-0.3, -0.25) is 0 Å². The summed E-state index contributed by atoms with van der Waals surface area (Å²) in [6.07, 6.45) is 2.40. The quantitative estimate of drug-likeness (QED) is 0.793. The third kappa shape index (κ3) is 4.75. The van der Waals surface area contributed by atoms with Crippen LogP contribution in [0.4, 0.5) is 0 Å². The average molecular weight is 276 g/mol. The number of benzene rings is 1. The van der Waals surface area contributed by atoms with E-state index in [-0.39, 0.29) is 6.04 Å². The van der Waals surface area contributed by atoms with Crippen LogP contribution in [0.25, 0.3) is 0 Å². The van der Waals surface area contributed by atoms with E-state index >= 15 is 0 Å². The molecule has 1 aromatic carbocycles. The van der Waals surface area contributed by atoms with Gasteiger partial charge in [-0.2, -0.15) is 5.26 Å². The Morgan fingerprint density at radius 2 is 1.95 bits per heavy atom. The lowest BCUT2D eigenvalue weighted by Gasteiger charge is -2.20. The van der Waals surface area contributed by atoms with Crippen molar-refractivity contribution in [1.29, 1.82) is 5.26 Å². The Balaban J connectivity index is 2.66. The SMILES string of the molecule is CCC(CC#N)NC(C)Cc1ccc(OC)c(OC)c1. The molecule has 0 radical (unpaired) electrons. The lowest BCUT2D eigenvalue weighted by molar-refractivity contribution is 0.354. The van der Waals surface area contributed by atoms with Gasteiger partial charge in [-0.05, 0) is 37.5 Å². The van der Waals surface area contributed by atoms with Gasteiger partial charge in [0, 0.05) is 12.1 Å². The van der Waals surface area contributed by atoms with Crippen LogP contribution in [0.1, 0.15) is 32.3 Å². The Kier molecular flexibility index (Phi) is 6.89. The molecule has 2 atom stereocenters. The van der Waals surface area contributed by atoms with Crippen molar-refractivity contribution in [1.82, 2.24) is 5.32 Å². The monoisotopic (exact) mass is 276 g/mol. The lowest BCUT2D eigenvalue weighted by atomic mass is 10.0. The number of hydrogen-bond donors (Lipinski definition) is 1. The van der Waals surface area contributed by atoms with E-state index in [0.29, 0.717) is 12.5 Å². The number of nitriles is 1. The number of ether oxygens (including phenoxy) is 2. The zero-order chi connectivity index (χ0) is 15.0. The van der Waals surface area contributed by atoms with Gasteiger partial charge >= 0.3 is 0 Å². The summed E-state index contributed by atoms with van der Waals surface area (Å²) < 4.78 is 10.5. The van der Waals surface area contributed by atoms with Crippen LogP contribution in [-0.4, -0.2) is 26.3 Å².